The number of amides is 1. The Labute approximate surface area is 134 Å². The molecule has 1 aliphatic rings. The fourth-order valence-corrected chi connectivity index (χ4v) is 3.18. The lowest BCUT2D eigenvalue weighted by atomic mass is 9.94. The lowest BCUT2D eigenvalue weighted by molar-refractivity contribution is -0.131. The highest BCUT2D eigenvalue weighted by Crippen LogP contribution is 2.25. The maximum Gasteiger partial charge on any atom is 0.345 e. The van der Waals surface area contributed by atoms with Crippen LogP contribution in [0.4, 0.5) is 0 Å². The summed E-state index contributed by atoms with van der Waals surface area (Å²) in [4.78, 5) is 32.3. The third-order valence-corrected chi connectivity index (χ3v) is 4.52. The minimum atomic E-state index is -0.337. The molecule has 0 unspecified atom stereocenters. The summed E-state index contributed by atoms with van der Waals surface area (Å²) in [6.45, 7) is 5.24. The number of H-pyrrole nitrogens is 2. The highest BCUT2D eigenvalue weighted by atomic mass is 16.2. The molecule has 1 fully saturated rings. The highest BCUT2D eigenvalue weighted by Gasteiger charge is 2.26. The van der Waals surface area contributed by atoms with Crippen LogP contribution in [0.2, 0.25) is 0 Å². The summed E-state index contributed by atoms with van der Waals surface area (Å²) in [6.07, 6.45) is 3.79. The van der Waals surface area contributed by atoms with Crippen LogP contribution in [0.5, 0.6) is 0 Å². The van der Waals surface area contributed by atoms with Crippen LogP contribution in [0.3, 0.4) is 0 Å². The van der Waals surface area contributed by atoms with Gasteiger partial charge >= 0.3 is 5.69 Å². The minimum Gasteiger partial charge on any atom is -0.342 e. The number of nitrogens with zero attached hydrogens (tertiary/aromatic N) is 3. The van der Waals surface area contributed by atoms with Crippen molar-refractivity contribution in [3.63, 3.8) is 0 Å². The van der Waals surface area contributed by atoms with E-state index in [9.17, 15) is 9.59 Å². The Morgan fingerprint density at radius 3 is 2.96 bits per heavy atom. The molecule has 1 saturated heterocycles. The van der Waals surface area contributed by atoms with Crippen molar-refractivity contribution in [2.24, 2.45) is 0 Å². The first-order valence-corrected chi connectivity index (χ1v) is 7.88. The average Bonchev–Trinajstić information content (AvgIpc) is 2.87. The number of aromatic nitrogens is 4. The molecule has 0 aromatic carbocycles. The Hall–Kier alpha value is -2.44. The molecule has 2 aromatic rings. The molecular weight excluding hydrogens is 294 g/mol. The largest absolute Gasteiger partial charge is 0.345 e. The maximum atomic E-state index is 12.6. The SMILES string of the molecule is Cc1n[nH]c(C)c1CC(=O)N1CCC[C@H](c2ccnc(=O)[nH]2)C1. The topological polar surface area (TPSA) is 94.7 Å². The Morgan fingerprint density at radius 2 is 2.26 bits per heavy atom. The van der Waals surface area contributed by atoms with Gasteiger partial charge in [-0.2, -0.15) is 5.10 Å². The van der Waals surface area contributed by atoms with Crippen molar-refractivity contribution in [2.75, 3.05) is 13.1 Å². The predicted octanol–water partition coefficient (Wildman–Crippen LogP) is 1.06. The fraction of sp³-hybridized carbons (Fsp3) is 0.500. The summed E-state index contributed by atoms with van der Waals surface area (Å²) >= 11 is 0. The van der Waals surface area contributed by atoms with E-state index in [1.807, 2.05) is 24.8 Å². The van der Waals surface area contributed by atoms with Gasteiger partial charge in [0, 0.05) is 42.2 Å². The van der Waals surface area contributed by atoms with Crippen LogP contribution in [0, 0.1) is 13.8 Å². The van der Waals surface area contributed by atoms with Gasteiger partial charge in [0.15, 0.2) is 0 Å². The molecule has 0 saturated carbocycles. The summed E-state index contributed by atoms with van der Waals surface area (Å²) in [5.74, 6) is 0.272. The number of carbonyl (C=O) groups excluding carboxylic acids is 1. The molecule has 0 radical (unpaired) electrons. The number of hydrogen-bond donors (Lipinski definition) is 2. The second kappa shape index (κ2) is 6.36. The molecule has 0 spiro atoms. The molecule has 7 heteroatoms. The molecule has 0 bridgehead atoms. The molecular formula is C16H21N5O2. The molecule has 3 heterocycles. The molecule has 2 N–H and O–H groups in total. The highest BCUT2D eigenvalue weighted by molar-refractivity contribution is 5.79. The Kier molecular flexibility index (Phi) is 4.27. The van der Waals surface area contributed by atoms with Crippen LogP contribution in [0.1, 0.15) is 41.4 Å². The van der Waals surface area contributed by atoms with E-state index in [4.69, 9.17) is 0 Å². The molecule has 1 atom stereocenters. The van der Waals surface area contributed by atoms with E-state index in [-0.39, 0.29) is 17.5 Å². The Morgan fingerprint density at radius 1 is 1.43 bits per heavy atom. The summed E-state index contributed by atoms with van der Waals surface area (Å²) in [6, 6.07) is 1.82. The number of hydrogen-bond acceptors (Lipinski definition) is 4. The lowest BCUT2D eigenvalue weighted by Crippen LogP contribution is -2.40. The number of carbonyl (C=O) groups is 1. The second-order valence-corrected chi connectivity index (χ2v) is 6.10. The Bertz CT molecular complexity index is 744. The van der Waals surface area contributed by atoms with Crippen molar-refractivity contribution in [3.8, 4) is 0 Å². The van der Waals surface area contributed by atoms with Gasteiger partial charge in [-0.1, -0.05) is 0 Å². The number of nitrogens with one attached hydrogen (secondary N) is 2. The average molecular weight is 315 g/mol. The summed E-state index contributed by atoms with van der Waals surface area (Å²) in [5, 5.41) is 7.06. The zero-order valence-corrected chi connectivity index (χ0v) is 13.4. The molecule has 1 aliphatic heterocycles. The van der Waals surface area contributed by atoms with E-state index in [0.29, 0.717) is 13.0 Å². The molecule has 23 heavy (non-hydrogen) atoms. The van der Waals surface area contributed by atoms with Crippen LogP contribution >= 0.6 is 0 Å². The van der Waals surface area contributed by atoms with Crippen LogP contribution < -0.4 is 5.69 Å². The smallest absolute Gasteiger partial charge is 0.342 e. The van der Waals surface area contributed by atoms with Crippen LogP contribution in [0.25, 0.3) is 0 Å². The summed E-state index contributed by atoms with van der Waals surface area (Å²) < 4.78 is 0. The zero-order chi connectivity index (χ0) is 16.4. The molecule has 2 aromatic heterocycles. The Balaban J connectivity index is 1.71. The first-order chi connectivity index (χ1) is 11.0. The number of likely N-dealkylation sites (tertiary alicyclic amines) is 1. The van der Waals surface area contributed by atoms with Gasteiger partial charge < -0.3 is 9.88 Å². The van der Waals surface area contributed by atoms with Gasteiger partial charge in [-0.05, 0) is 32.8 Å². The lowest BCUT2D eigenvalue weighted by Gasteiger charge is -2.32. The van der Waals surface area contributed by atoms with Gasteiger partial charge in [0.05, 0.1) is 12.1 Å². The predicted molar refractivity (Wildman–Crippen MR) is 85.2 cm³/mol. The normalized spacial score (nSPS) is 18.2. The van der Waals surface area contributed by atoms with Crippen molar-refractivity contribution < 1.29 is 4.79 Å². The fourth-order valence-electron chi connectivity index (χ4n) is 3.18. The standard InChI is InChI=1S/C16H21N5O2/c1-10-13(11(2)20-19-10)8-15(22)21-7-3-4-12(9-21)14-5-6-17-16(23)18-14/h5-6,12H,3-4,7-9H2,1-2H3,(H,19,20)(H,17,18,23)/t12-/m0/s1. The van der Waals surface area contributed by atoms with E-state index >= 15 is 0 Å². The van der Waals surface area contributed by atoms with Crippen LogP contribution in [-0.4, -0.2) is 44.1 Å². The van der Waals surface area contributed by atoms with Gasteiger partial charge in [-0.25, -0.2) is 9.78 Å². The second-order valence-electron chi connectivity index (χ2n) is 6.10. The molecule has 7 nitrogen and oxygen atoms in total. The number of aromatic amines is 2. The van der Waals surface area contributed by atoms with E-state index in [2.05, 4.69) is 20.2 Å². The van der Waals surface area contributed by atoms with Crippen molar-refractivity contribution in [1.82, 2.24) is 25.1 Å². The van der Waals surface area contributed by atoms with Gasteiger partial charge in [-0.15, -0.1) is 0 Å². The van der Waals surface area contributed by atoms with Crippen LogP contribution in [0.15, 0.2) is 17.1 Å². The maximum absolute atomic E-state index is 12.6. The summed E-state index contributed by atoms with van der Waals surface area (Å²) in [7, 11) is 0. The van der Waals surface area contributed by atoms with E-state index in [1.54, 1.807) is 0 Å². The number of aryl methyl sites for hydroxylation is 2. The monoisotopic (exact) mass is 315 g/mol. The van der Waals surface area contributed by atoms with Crippen molar-refractivity contribution in [1.29, 1.82) is 0 Å². The van der Waals surface area contributed by atoms with Gasteiger partial charge in [-0.3, -0.25) is 9.89 Å². The molecule has 0 aliphatic carbocycles. The van der Waals surface area contributed by atoms with E-state index < -0.39 is 0 Å². The first-order valence-electron chi connectivity index (χ1n) is 7.88. The molecule has 122 valence electrons. The third kappa shape index (κ3) is 3.33. The van der Waals surface area contributed by atoms with Crippen LogP contribution in [-0.2, 0) is 11.2 Å². The van der Waals surface area contributed by atoms with Gasteiger partial charge in [0.2, 0.25) is 5.91 Å². The molecule has 3 rings (SSSR count). The van der Waals surface area contributed by atoms with E-state index in [0.717, 1.165) is 42.0 Å². The van der Waals surface area contributed by atoms with Crippen molar-refractivity contribution in [2.45, 2.75) is 39.0 Å². The van der Waals surface area contributed by atoms with Crippen molar-refractivity contribution >= 4 is 5.91 Å². The van der Waals surface area contributed by atoms with Gasteiger partial charge in [0.25, 0.3) is 0 Å². The van der Waals surface area contributed by atoms with E-state index in [1.165, 1.54) is 6.20 Å². The quantitative estimate of drug-likeness (QED) is 0.885. The zero-order valence-electron chi connectivity index (χ0n) is 13.4. The summed E-state index contributed by atoms with van der Waals surface area (Å²) in [5.41, 5.74) is 3.33. The third-order valence-electron chi connectivity index (χ3n) is 4.52. The minimum absolute atomic E-state index is 0.110. The number of piperidine rings is 1. The van der Waals surface area contributed by atoms with Gasteiger partial charge in [0.1, 0.15) is 0 Å². The van der Waals surface area contributed by atoms with Crippen molar-refractivity contribution in [3.05, 3.63) is 45.4 Å². The number of rotatable bonds is 3. The first kappa shape index (κ1) is 15.5. The molecule has 1 amide bonds.